The van der Waals surface area contributed by atoms with Crippen molar-refractivity contribution >= 4 is 10.2 Å². The van der Waals surface area contributed by atoms with E-state index in [9.17, 15) is 8.42 Å². The van der Waals surface area contributed by atoms with Crippen LogP contribution < -0.4 is 9.86 Å². The van der Waals surface area contributed by atoms with Crippen LogP contribution in [0, 0.1) is 0 Å². The molecule has 0 bridgehead atoms. The third kappa shape index (κ3) is 3.15. The second-order valence-corrected chi connectivity index (χ2v) is 4.15. The number of rotatable bonds is 2. The van der Waals surface area contributed by atoms with Crippen molar-refractivity contribution in [3.63, 3.8) is 0 Å². The van der Waals surface area contributed by atoms with Gasteiger partial charge in [-0.1, -0.05) is 0 Å². The summed E-state index contributed by atoms with van der Waals surface area (Å²) in [7, 11) is -3.59. The lowest BCUT2D eigenvalue weighted by molar-refractivity contribution is 0.181. The normalized spacial score (nSPS) is 32.5. The minimum Gasteiger partial charge on any atom is -0.393 e. The van der Waals surface area contributed by atoms with E-state index in [2.05, 4.69) is 4.72 Å². The predicted molar refractivity (Wildman–Crippen MR) is 39.9 cm³/mol. The van der Waals surface area contributed by atoms with E-state index in [0.29, 0.717) is 19.3 Å². The zero-order chi connectivity index (χ0) is 8.48. The zero-order valence-electron chi connectivity index (χ0n) is 6.03. The zero-order valence-corrected chi connectivity index (χ0v) is 6.84. The van der Waals surface area contributed by atoms with Crippen LogP contribution in [0.15, 0.2) is 0 Å². The number of nitrogens with two attached hydrogens (primary N) is 1. The van der Waals surface area contributed by atoms with Gasteiger partial charge in [0, 0.05) is 6.04 Å². The highest BCUT2D eigenvalue weighted by Crippen LogP contribution is 2.18. The summed E-state index contributed by atoms with van der Waals surface area (Å²) in [5.74, 6) is 0. The first kappa shape index (κ1) is 8.92. The van der Waals surface area contributed by atoms with Gasteiger partial charge in [0.15, 0.2) is 0 Å². The molecule has 0 aromatic heterocycles. The molecule has 0 amide bonds. The van der Waals surface area contributed by atoms with Crippen LogP contribution in [0.25, 0.3) is 0 Å². The standard InChI is InChI=1S/C5H12N2O3S/c6-11(9,10)7-4-1-2-5(8)3-4/h4-5,7-8H,1-3H2,(H2,6,9,10)/t4-,5+/m0/s1. The summed E-state index contributed by atoms with van der Waals surface area (Å²) in [5, 5.41) is 13.8. The summed E-state index contributed by atoms with van der Waals surface area (Å²) < 4.78 is 23.2. The summed E-state index contributed by atoms with van der Waals surface area (Å²) in [6.07, 6.45) is 1.40. The lowest BCUT2D eigenvalue weighted by atomic mass is 10.3. The van der Waals surface area contributed by atoms with Crippen LogP contribution in [-0.2, 0) is 10.2 Å². The van der Waals surface area contributed by atoms with Gasteiger partial charge in [0.25, 0.3) is 10.2 Å². The van der Waals surface area contributed by atoms with E-state index in [1.54, 1.807) is 0 Å². The number of nitrogens with one attached hydrogen (secondary N) is 1. The van der Waals surface area contributed by atoms with E-state index >= 15 is 0 Å². The second-order valence-electron chi connectivity index (χ2n) is 2.83. The fourth-order valence-corrected chi connectivity index (χ4v) is 1.98. The molecule has 0 saturated heterocycles. The van der Waals surface area contributed by atoms with E-state index in [1.807, 2.05) is 0 Å². The van der Waals surface area contributed by atoms with E-state index < -0.39 is 10.2 Å². The molecule has 1 rings (SSSR count). The second kappa shape index (κ2) is 3.06. The van der Waals surface area contributed by atoms with Gasteiger partial charge in [0.2, 0.25) is 0 Å². The summed E-state index contributed by atoms with van der Waals surface area (Å²) in [4.78, 5) is 0. The number of hydrogen-bond acceptors (Lipinski definition) is 3. The Morgan fingerprint density at radius 2 is 2.09 bits per heavy atom. The van der Waals surface area contributed by atoms with Gasteiger partial charge in [-0.15, -0.1) is 0 Å². The topological polar surface area (TPSA) is 92.4 Å². The maximum atomic E-state index is 10.5. The predicted octanol–water partition coefficient (Wildman–Crippen LogP) is -1.31. The Morgan fingerprint density at radius 3 is 2.45 bits per heavy atom. The first-order valence-electron chi connectivity index (χ1n) is 3.45. The van der Waals surface area contributed by atoms with Crippen LogP contribution in [0.2, 0.25) is 0 Å². The Bertz CT molecular complexity index is 226. The molecular weight excluding hydrogens is 168 g/mol. The van der Waals surface area contributed by atoms with Crippen molar-refractivity contribution in [2.75, 3.05) is 0 Å². The fraction of sp³-hybridized carbons (Fsp3) is 1.00. The fourth-order valence-electron chi connectivity index (χ4n) is 1.30. The van der Waals surface area contributed by atoms with Crippen LogP contribution in [0.5, 0.6) is 0 Å². The molecule has 11 heavy (non-hydrogen) atoms. The molecule has 1 aliphatic rings. The van der Waals surface area contributed by atoms with Crippen LogP contribution in [0.1, 0.15) is 19.3 Å². The van der Waals surface area contributed by atoms with Gasteiger partial charge >= 0.3 is 0 Å². The highest BCUT2D eigenvalue weighted by molar-refractivity contribution is 7.87. The van der Waals surface area contributed by atoms with Crippen LogP contribution in [-0.4, -0.2) is 25.7 Å². The van der Waals surface area contributed by atoms with E-state index in [1.165, 1.54) is 0 Å². The molecule has 1 fully saturated rings. The SMILES string of the molecule is NS(=O)(=O)N[C@H]1CC[C@@H](O)C1. The quantitative estimate of drug-likeness (QED) is 0.492. The number of aliphatic hydroxyl groups is 1. The van der Waals surface area contributed by atoms with Crippen molar-refractivity contribution in [2.45, 2.75) is 31.4 Å². The molecule has 0 unspecified atom stereocenters. The third-order valence-corrected chi connectivity index (χ3v) is 2.40. The minimum absolute atomic E-state index is 0.181. The molecule has 2 atom stereocenters. The first-order valence-corrected chi connectivity index (χ1v) is 5.00. The Kier molecular flexibility index (Phi) is 2.48. The van der Waals surface area contributed by atoms with Gasteiger partial charge in [0.1, 0.15) is 0 Å². The molecule has 0 spiro atoms. The summed E-state index contributed by atoms with van der Waals surface area (Å²) in [6.45, 7) is 0. The van der Waals surface area contributed by atoms with Gasteiger partial charge < -0.3 is 5.11 Å². The molecule has 1 saturated carbocycles. The molecule has 4 N–H and O–H groups in total. The molecule has 0 aromatic rings. The number of hydrogen-bond donors (Lipinski definition) is 3. The van der Waals surface area contributed by atoms with Crippen LogP contribution in [0.3, 0.4) is 0 Å². The van der Waals surface area contributed by atoms with Crippen molar-refractivity contribution in [3.05, 3.63) is 0 Å². The lowest BCUT2D eigenvalue weighted by Crippen LogP contribution is -2.38. The van der Waals surface area contributed by atoms with E-state index in [0.717, 1.165) is 0 Å². The highest BCUT2D eigenvalue weighted by atomic mass is 32.2. The smallest absolute Gasteiger partial charge is 0.274 e. The van der Waals surface area contributed by atoms with Crippen molar-refractivity contribution in [2.24, 2.45) is 5.14 Å². The average molecular weight is 180 g/mol. The molecule has 1 aliphatic carbocycles. The maximum Gasteiger partial charge on any atom is 0.274 e. The monoisotopic (exact) mass is 180 g/mol. The number of aliphatic hydroxyl groups excluding tert-OH is 1. The average Bonchev–Trinajstić information content (AvgIpc) is 2.10. The van der Waals surface area contributed by atoms with E-state index in [4.69, 9.17) is 10.2 Å². The molecule has 0 aliphatic heterocycles. The minimum atomic E-state index is -3.59. The third-order valence-electron chi connectivity index (χ3n) is 1.74. The molecule has 66 valence electrons. The molecule has 6 heteroatoms. The largest absolute Gasteiger partial charge is 0.393 e. The van der Waals surface area contributed by atoms with Gasteiger partial charge in [-0.25, -0.2) is 5.14 Å². The van der Waals surface area contributed by atoms with Crippen molar-refractivity contribution in [1.29, 1.82) is 0 Å². The van der Waals surface area contributed by atoms with Gasteiger partial charge in [-0.2, -0.15) is 13.1 Å². The van der Waals surface area contributed by atoms with Crippen LogP contribution in [0.4, 0.5) is 0 Å². The van der Waals surface area contributed by atoms with Crippen molar-refractivity contribution in [3.8, 4) is 0 Å². The molecule has 0 heterocycles. The van der Waals surface area contributed by atoms with Gasteiger partial charge in [0.05, 0.1) is 6.10 Å². The Morgan fingerprint density at radius 1 is 1.45 bits per heavy atom. The Balaban J connectivity index is 2.41. The lowest BCUT2D eigenvalue weighted by Gasteiger charge is -2.08. The maximum absolute atomic E-state index is 10.5. The van der Waals surface area contributed by atoms with Crippen LogP contribution >= 0.6 is 0 Å². The molecule has 0 radical (unpaired) electrons. The van der Waals surface area contributed by atoms with Crippen molar-refractivity contribution in [1.82, 2.24) is 4.72 Å². The summed E-state index contributed by atoms with van der Waals surface area (Å²) >= 11 is 0. The first-order chi connectivity index (χ1) is 4.97. The van der Waals surface area contributed by atoms with Gasteiger partial charge in [-0.05, 0) is 19.3 Å². The van der Waals surface area contributed by atoms with Gasteiger partial charge in [-0.3, -0.25) is 0 Å². The van der Waals surface area contributed by atoms with Crippen molar-refractivity contribution < 1.29 is 13.5 Å². The molecular formula is C5H12N2O3S. The summed E-state index contributed by atoms with van der Waals surface area (Å²) in [5.41, 5.74) is 0. The summed E-state index contributed by atoms with van der Waals surface area (Å²) in [6, 6.07) is -0.181. The Labute approximate surface area is 65.8 Å². The molecule has 5 nitrogen and oxygen atoms in total. The molecule has 0 aromatic carbocycles. The van der Waals surface area contributed by atoms with E-state index in [-0.39, 0.29) is 12.1 Å². The Hall–Kier alpha value is -0.170. The highest BCUT2D eigenvalue weighted by Gasteiger charge is 2.24.